The quantitative estimate of drug-likeness (QED) is 0.631. The first kappa shape index (κ1) is 18.0. The summed E-state index contributed by atoms with van der Waals surface area (Å²) in [7, 11) is 1.70. The van der Waals surface area contributed by atoms with E-state index >= 15 is 0 Å². The van der Waals surface area contributed by atoms with Crippen LogP contribution in [-0.4, -0.2) is 25.2 Å². The number of fused-ring (bicyclic) bond motifs is 2. The minimum absolute atomic E-state index is 0. The summed E-state index contributed by atoms with van der Waals surface area (Å²) in [5, 5.41) is 2.97. The molecule has 126 valence electrons. The van der Waals surface area contributed by atoms with Gasteiger partial charge in [-0.1, -0.05) is 24.3 Å². The van der Waals surface area contributed by atoms with Crippen molar-refractivity contribution in [3.63, 3.8) is 0 Å². The number of aryl methyl sites for hydroxylation is 1. The lowest BCUT2D eigenvalue weighted by molar-refractivity contribution is 0.0979. The van der Waals surface area contributed by atoms with E-state index < -0.39 is 0 Å². The summed E-state index contributed by atoms with van der Waals surface area (Å²) in [6.45, 7) is 0.515. The molecule has 2 aromatic carbocycles. The van der Waals surface area contributed by atoms with Gasteiger partial charge in [0.15, 0.2) is 11.6 Å². The highest BCUT2D eigenvalue weighted by molar-refractivity contribution is 6.31. The first-order valence-electron chi connectivity index (χ1n) is 7.61. The van der Waals surface area contributed by atoms with E-state index in [0.717, 1.165) is 12.0 Å². The molecule has 0 radical (unpaired) electrons. The van der Waals surface area contributed by atoms with E-state index in [2.05, 4.69) is 5.32 Å². The van der Waals surface area contributed by atoms with E-state index in [4.69, 9.17) is 11.5 Å². The van der Waals surface area contributed by atoms with Crippen molar-refractivity contribution in [1.29, 1.82) is 0 Å². The van der Waals surface area contributed by atoms with E-state index in [1.165, 1.54) is 0 Å². The van der Waals surface area contributed by atoms with Crippen LogP contribution in [0.25, 0.3) is 0 Å². The molecule has 1 aliphatic carbocycles. The van der Waals surface area contributed by atoms with Crippen LogP contribution in [0.3, 0.4) is 0 Å². The lowest BCUT2D eigenvalue weighted by Crippen LogP contribution is -2.25. The van der Waals surface area contributed by atoms with Gasteiger partial charge < -0.3 is 16.8 Å². The number of hydrogen-bond acceptors (Lipinski definition) is 5. The van der Waals surface area contributed by atoms with Gasteiger partial charge in [0, 0.05) is 23.7 Å². The zero-order chi connectivity index (χ0) is 16.6. The van der Waals surface area contributed by atoms with Crippen LogP contribution in [0.2, 0.25) is 0 Å². The Hall–Kier alpha value is -2.37. The molecule has 0 atom stereocenters. The molecule has 0 bridgehead atoms. The first-order chi connectivity index (χ1) is 11.1. The number of nitrogens with two attached hydrogens (primary N) is 2. The predicted octanol–water partition coefficient (Wildman–Crippen LogP) is 2.40. The predicted molar refractivity (Wildman–Crippen MR) is 98.3 cm³/mol. The van der Waals surface area contributed by atoms with Crippen LogP contribution in [0.5, 0.6) is 0 Å². The zero-order valence-corrected chi connectivity index (χ0v) is 14.2. The second kappa shape index (κ2) is 7.03. The molecule has 0 saturated carbocycles. The highest BCUT2D eigenvalue weighted by atomic mass is 35.5. The largest absolute Gasteiger partial charge is 0.397 e. The third-order valence-corrected chi connectivity index (χ3v) is 4.21. The molecule has 2 aromatic rings. The Labute approximate surface area is 146 Å². The number of nitrogen functional groups attached to an aromatic ring is 1. The highest BCUT2D eigenvalue weighted by Crippen LogP contribution is 2.37. The minimum atomic E-state index is -0.166. The SMILES string of the molecule is CNc1c(N)cc(CCCN)c2c1C(=O)c1ccccc1C2=O.Cl. The van der Waals surface area contributed by atoms with Gasteiger partial charge in [0.2, 0.25) is 0 Å². The molecule has 0 amide bonds. The maximum absolute atomic E-state index is 13.0. The fourth-order valence-corrected chi connectivity index (χ4v) is 3.16. The van der Waals surface area contributed by atoms with Gasteiger partial charge in [-0.3, -0.25) is 9.59 Å². The summed E-state index contributed by atoms with van der Waals surface area (Å²) in [5.74, 6) is -0.292. The highest BCUT2D eigenvalue weighted by Gasteiger charge is 2.34. The molecule has 3 rings (SSSR count). The Morgan fingerprint density at radius 1 is 1.04 bits per heavy atom. The van der Waals surface area contributed by atoms with Crippen LogP contribution in [0.4, 0.5) is 11.4 Å². The van der Waals surface area contributed by atoms with Crippen LogP contribution in [0.15, 0.2) is 30.3 Å². The molecule has 0 unspecified atom stereocenters. The fraction of sp³-hybridized carbons (Fsp3) is 0.222. The van der Waals surface area contributed by atoms with Crippen LogP contribution in [-0.2, 0) is 6.42 Å². The first-order valence-corrected chi connectivity index (χ1v) is 7.61. The molecule has 1 aliphatic rings. The average Bonchev–Trinajstić information content (AvgIpc) is 2.57. The van der Waals surface area contributed by atoms with Gasteiger partial charge >= 0.3 is 0 Å². The molecule has 5 nitrogen and oxygen atoms in total. The maximum atomic E-state index is 13.0. The maximum Gasteiger partial charge on any atom is 0.196 e. The number of anilines is 2. The van der Waals surface area contributed by atoms with Gasteiger partial charge in [0.1, 0.15) is 0 Å². The summed E-state index contributed by atoms with van der Waals surface area (Å²) in [4.78, 5) is 25.9. The van der Waals surface area contributed by atoms with Crippen molar-refractivity contribution < 1.29 is 9.59 Å². The minimum Gasteiger partial charge on any atom is -0.397 e. The standard InChI is InChI=1S/C18H19N3O2.ClH/c1-21-16-13(20)9-10(5-4-8-19)14-15(16)18(23)12-7-3-2-6-11(12)17(14)22;/h2-3,6-7,9,21H,4-5,8,19-20H2,1H3;1H. The van der Waals surface area contributed by atoms with E-state index in [-0.39, 0.29) is 24.0 Å². The number of nitrogens with one attached hydrogen (secondary N) is 1. The van der Waals surface area contributed by atoms with Crippen molar-refractivity contribution in [2.75, 3.05) is 24.6 Å². The van der Waals surface area contributed by atoms with Gasteiger partial charge in [-0.05, 0) is 31.0 Å². The second-order valence-electron chi connectivity index (χ2n) is 5.60. The lowest BCUT2D eigenvalue weighted by atomic mass is 9.79. The number of rotatable bonds is 4. The van der Waals surface area contributed by atoms with Crippen LogP contribution < -0.4 is 16.8 Å². The van der Waals surface area contributed by atoms with Crippen LogP contribution in [0.1, 0.15) is 43.8 Å². The second-order valence-corrected chi connectivity index (χ2v) is 5.60. The molecular formula is C18H20ClN3O2. The molecule has 24 heavy (non-hydrogen) atoms. The number of hydrogen-bond donors (Lipinski definition) is 3. The fourth-order valence-electron chi connectivity index (χ4n) is 3.16. The summed E-state index contributed by atoms with van der Waals surface area (Å²) in [6.07, 6.45) is 1.35. The van der Waals surface area contributed by atoms with Crippen molar-refractivity contribution in [2.45, 2.75) is 12.8 Å². The Morgan fingerprint density at radius 2 is 1.62 bits per heavy atom. The van der Waals surface area contributed by atoms with Gasteiger partial charge in [-0.2, -0.15) is 0 Å². The third kappa shape index (κ3) is 2.66. The van der Waals surface area contributed by atoms with Gasteiger partial charge in [0.05, 0.1) is 16.9 Å². The smallest absolute Gasteiger partial charge is 0.196 e. The molecule has 0 fully saturated rings. The molecule has 0 aliphatic heterocycles. The molecule has 0 spiro atoms. The Kier molecular flexibility index (Phi) is 5.26. The number of carbonyl (C=O) groups is 2. The normalized spacial score (nSPS) is 12.2. The number of carbonyl (C=O) groups excluding carboxylic acids is 2. The van der Waals surface area contributed by atoms with Crippen molar-refractivity contribution in [1.82, 2.24) is 0 Å². The van der Waals surface area contributed by atoms with Crippen LogP contribution in [0, 0.1) is 0 Å². The van der Waals surface area contributed by atoms with Crippen LogP contribution >= 0.6 is 12.4 Å². The number of ketones is 2. The summed E-state index contributed by atoms with van der Waals surface area (Å²) in [6, 6.07) is 8.68. The van der Waals surface area contributed by atoms with E-state index in [0.29, 0.717) is 46.6 Å². The van der Waals surface area contributed by atoms with Gasteiger partial charge in [0.25, 0.3) is 0 Å². The molecule has 0 aromatic heterocycles. The van der Waals surface area contributed by atoms with Gasteiger partial charge in [-0.25, -0.2) is 0 Å². The van der Waals surface area contributed by atoms with Crippen molar-refractivity contribution in [2.24, 2.45) is 5.73 Å². The van der Waals surface area contributed by atoms with Crippen molar-refractivity contribution in [3.05, 3.63) is 58.1 Å². The Bertz CT molecular complexity index is 818. The third-order valence-electron chi connectivity index (χ3n) is 4.21. The Morgan fingerprint density at radius 3 is 2.17 bits per heavy atom. The topological polar surface area (TPSA) is 98.2 Å². The molecule has 5 N–H and O–H groups in total. The molecular weight excluding hydrogens is 326 g/mol. The average molecular weight is 346 g/mol. The summed E-state index contributed by atoms with van der Waals surface area (Å²) in [5.41, 5.74) is 15.2. The monoisotopic (exact) mass is 345 g/mol. The van der Waals surface area contributed by atoms with E-state index in [9.17, 15) is 9.59 Å². The summed E-state index contributed by atoms with van der Waals surface area (Å²) < 4.78 is 0. The van der Waals surface area contributed by atoms with E-state index in [1.54, 1.807) is 37.4 Å². The molecule has 6 heteroatoms. The number of halogens is 1. The van der Waals surface area contributed by atoms with Crippen molar-refractivity contribution >= 4 is 35.3 Å². The number of benzene rings is 2. The van der Waals surface area contributed by atoms with Crippen molar-refractivity contribution in [3.8, 4) is 0 Å². The zero-order valence-electron chi connectivity index (χ0n) is 13.4. The Balaban J connectivity index is 0.00000208. The molecule has 0 heterocycles. The van der Waals surface area contributed by atoms with Gasteiger partial charge in [-0.15, -0.1) is 12.4 Å². The molecule has 0 saturated heterocycles. The van der Waals surface area contributed by atoms with E-state index in [1.807, 2.05) is 0 Å². The summed E-state index contributed by atoms with van der Waals surface area (Å²) >= 11 is 0. The lowest BCUT2D eigenvalue weighted by Gasteiger charge is -2.24.